The minimum Gasteiger partial charge on any atom is -0.462 e. The molecular formula is C45H87O8P. The summed E-state index contributed by atoms with van der Waals surface area (Å²) in [6.45, 7) is 3.71. The Kier molecular flexibility index (Phi) is 40.5. The van der Waals surface area contributed by atoms with Gasteiger partial charge in [0.05, 0.1) is 6.61 Å². The maximum absolute atomic E-state index is 12.4. The summed E-state index contributed by atoms with van der Waals surface area (Å²) in [5.74, 6) is -0.872. The Bertz CT molecular complexity index is 889. The summed E-state index contributed by atoms with van der Waals surface area (Å²) in [5.41, 5.74) is 0. The second-order valence-electron chi connectivity index (χ2n) is 15.7. The van der Waals surface area contributed by atoms with Crippen molar-refractivity contribution in [1.29, 1.82) is 0 Å². The zero-order chi connectivity index (χ0) is 39.6. The molecule has 0 aliphatic rings. The van der Waals surface area contributed by atoms with E-state index < -0.39 is 32.5 Å². The summed E-state index contributed by atoms with van der Waals surface area (Å²) < 4.78 is 26.4. The van der Waals surface area contributed by atoms with Crippen LogP contribution in [0.1, 0.15) is 245 Å². The highest BCUT2D eigenvalue weighted by Gasteiger charge is 2.23. The lowest BCUT2D eigenvalue weighted by atomic mass is 10.0. The minimum absolute atomic E-state index is 0.216. The molecule has 0 aromatic rings. The van der Waals surface area contributed by atoms with Gasteiger partial charge in [-0.25, -0.2) is 4.57 Å². The standard InChI is InChI=1S/C45H87O8P/c1-3-5-7-9-11-13-15-17-18-19-20-21-22-23-24-25-26-28-30-32-34-36-38-40-45(47)53-43(42-52-54(48,49)50)41-51-44(46)39-37-35-33-31-29-27-16-14-12-10-8-6-4-2/h19-20,43H,3-18,21-42H2,1-2H3,(H2,48,49,50)/b20-19-. The number of unbranched alkanes of at least 4 members (excludes halogenated alkanes) is 31. The predicted molar refractivity (Wildman–Crippen MR) is 226 cm³/mol. The quantitative estimate of drug-likeness (QED) is 0.0271. The number of phosphoric ester groups is 1. The van der Waals surface area contributed by atoms with E-state index in [1.807, 2.05) is 0 Å². The summed E-state index contributed by atoms with van der Waals surface area (Å²) in [6, 6.07) is 0. The third-order valence-corrected chi connectivity index (χ3v) is 10.8. The van der Waals surface area contributed by atoms with Crippen molar-refractivity contribution in [3.05, 3.63) is 12.2 Å². The van der Waals surface area contributed by atoms with Gasteiger partial charge >= 0.3 is 19.8 Å². The zero-order valence-corrected chi connectivity index (χ0v) is 36.3. The first-order valence-corrected chi connectivity index (χ1v) is 24.5. The average Bonchev–Trinajstić information content (AvgIpc) is 3.14. The van der Waals surface area contributed by atoms with Crippen LogP contribution in [0.25, 0.3) is 0 Å². The number of allylic oxidation sites excluding steroid dienone is 2. The van der Waals surface area contributed by atoms with Crippen LogP contribution in [-0.2, 0) is 28.2 Å². The number of carbonyl (C=O) groups is 2. The normalized spacial score (nSPS) is 12.4. The van der Waals surface area contributed by atoms with Gasteiger partial charge in [-0.3, -0.25) is 14.1 Å². The van der Waals surface area contributed by atoms with Crippen LogP contribution in [0.15, 0.2) is 12.2 Å². The van der Waals surface area contributed by atoms with Gasteiger partial charge < -0.3 is 19.3 Å². The van der Waals surface area contributed by atoms with E-state index in [0.29, 0.717) is 6.42 Å². The van der Waals surface area contributed by atoms with E-state index in [4.69, 9.17) is 19.3 Å². The lowest BCUT2D eigenvalue weighted by molar-refractivity contribution is -0.161. The van der Waals surface area contributed by atoms with Crippen molar-refractivity contribution >= 4 is 19.8 Å². The zero-order valence-electron chi connectivity index (χ0n) is 35.4. The summed E-state index contributed by atoms with van der Waals surface area (Å²) in [5, 5.41) is 0. The van der Waals surface area contributed by atoms with Gasteiger partial charge in [-0.05, 0) is 38.5 Å². The Labute approximate surface area is 333 Å². The van der Waals surface area contributed by atoms with Crippen molar-refractivity contribution in [2.45, 2.75) is 251 Å². The molecule has 0 spiro atoms. The fraction of sp³-hybridized carbons (Fsp3) is 0.911. The molecule has 0 radical (unpaired) electrons. The highest BCUT2D eigenvalue weighted by molar-refractivity contribution is 7.46. The van der Waals surface area contributed by atoms with Crippen molar-refractivity contribution < 1.29 is 37.9 Å². The molecule has 2 N–H and O–H groups in total. The Morgan fingerprint density at radius 3 is 1.13 bits per heavy atom. The average molecular weight is 787 g/mol. The molecule has 1 atom stereocenters. The van der Waals surface area contributed by atoms with E-state index in [1.165, 1.54) is 173 Å². The number of phosphoric acid groups is 1. The Balaban J connectivity index is 3.80. The van der Waals surface area contributed by atoms with Crippen LogP contribution in [0.2, 0.25) is 0 Å². The molecule has 0 aliphatic heterocycles. The van der Waals surface area contributed by atoms with Crippen LogP contribution in [0, 0.1) is 0 Å². The van der Waals surface area contributed by atoms with E-state index in [0.717, 1.165) is 38.5 Å². The Morgan fingerprint density at radius 2 is 0.778 bits per heavy atom. The van der Waals surface area contributed by atoms with Crippen LogP contribution >= 0.6 is 7.82 Å². The first-order valence-electron chi connectivity index (χ1n) is 23.0. The lowest BCUT2D eigenvalue weighted by Gasteiger charge is -2.18. The number of hydrogen-bond donors (Lipinski definition) is 2. The van der Waals surface area contributed by atoms with Crippen LogP contribution in [0.3, 0.4) is 0 Å². The van der Waals surface area contributed by atoms with Crippen molar-refractivity contribution in [2.24, 2.45) is 0 Å². The molecule has 0 saturated heterocycles. The highest BCUT2D eigenvalue weighted by atomic mass is 31.2. The second kappa shape index (κ2) is 41.4. The first kappa shape index (κ1) is 52.8. The Hall–Kier alpha value is -1.21. The van der Waals surface area contributed by atoms with E-state index in [9.17, 15) is 14.2 Å². The molecule has 0 bridgehead atoms. The van der Waals surface area contributed by atoms with Crippen molar-refractivity contribution in [1.82, 2.24) is 0 Å². The summed E-state index contributed by atoms with van der Waals surface area (Å²) in [7, 11) is -4.75. The number of hydrogen-bond acceptors (Lipinski definition) is 6. The van der Waals surface area contributed by atoms with Gasteiger partial charge in [-0.15, -0.1) is 0 Å². The summed E-state index contributed by atoms with van der Waals surface area (Å²) >= 11 is 0. The second-order valence-corrected chi connectivity index (χ2v) is 17.0. The molecule has 320 valence electrons. The van der Waals surface area contributed by atoms with Crippen molar-refractivity contribution in [2.75, 3.05) is 13.2 Å². The third kappa shape index (κ3) is 43.5. The van der Waals surface area contributed by atoms with E-state index >= 15 is 0 Å². The molecule has 0 aromatic carbocycles. The number of esters is 2. The van der Waals surface area contributed by atoms with Gasteiger partial charge in [0.1, 0.15) is 6.61 Å². The molecule has 0 heterocycles. The molecule has 54 heavy (non-hydrogen) atoms. The van der Waals surface area contributed by atoms with Crippen molar-refractivity contribution in [3.8, 4) is 0 Å². The monoisotopic (exact) mass is 787 g/mol. The summed E-state index contributed by atoms with van der Waals surface area (Å²) in [4.78, 5) is 42.9. The largest absolute Gasteiger partial charge is 0.469 e. The van der Waals surface area contributed by atoms with Crippen LogP contribution in [0.5, 0.6) is 0 Å². The van der Waals surface area contributed by atoms with E-state index in [-0.39, 0.29) is 19.4 Å². The van der Waals surface area contributed by atoms with Gasteiger partial charge in [0.2, 0.25) is 0 Å². The fourth-order valence-electron chi connectivity index (χ4n) is 6.84. The maximum Gasteiger partial charge on any atom is 0.469 e. The summed E-state index contributed by atoms with van der Waals surface area (Å²) in [6.07, 6.45) is 46.6. The van der Waals surface area contributed by atoms with Crippen LogP contribution in [-0.4, -0.2) is 41.0 Å². The van der Waals surface area contributed by atoms with Crippen LogP contribution in [0.4, 0.5) is 0 Å². The molecule has 0 amide bonds. The Morgan fingerprint density at radius 1 is 0.463 bits per heavy atom. The number of ether oxygens (including phenoxy) is 2. The molecule has 0 fully saturated rings. The highest BCUT2D eigenvalue weighted by Crippen LogP contribution is 2.36. The molecule has 0 aromatic heterocycles. The van der Waals surface area contributed by atoms with Crippen molar-refractivity contribution in [3.63, 3.8) is 0 Å². The molecule has 9 heteroatoms. The SMILES string of the molecule is CCCCCCCCCC/C=C\CCCCCCCCCCCCCC(=O)OC(COC(=O)CCCCCCCCCCCCCCC)COP(=O)(O)O. The first-order chi connectivity index (χ1) is 26.3. The number of carbonyl (C=O) groups excluding carboxylic acids is 2. The third-order valence-electron chi connectivity index (χ3n) is 10.3. The smallest absolute Gasteiger partial charge is 0.462 e. The fourth-order valence-corrected chi connectivity index (χ4v) is 7.20. The molecule has 0 rings (SSSR count). The lowest BCUT2D eigenvalue weighted by Crippen LogP contribution is -2.29. The van der Waals surface area contributed by atoms with Gasteiger partial charge in [0.15, 0.2) is 6.10 Å². The van der Waals surface area contributed by atoms with E-state index in [2.05, 4.69) is 30.5 Å². The van der Waals surface area contributed by atoms with Gasteiger partial charge in [0, 0.05) is 12.8 Å². The molecule has 0 saturated carbocycles. The molecular weight excluding hydrogens is 699 g/mol. The number of rotatable bonds is 43. The minimum atomic E-state index is -4.75. The molecule has 0 aliphatic carbocycles. The topological polar surface area (TPSA) is 119 Å². The molecule has 8 nitrogen and oxygen atoms in total. The van der Waals surface area contributed by atoms with E-state index in [1.54, 1.807) is 0 Å². The predicted octanol–water partition coefficient (Wildman–Crippen LogP) is 14.2. The van der Waals surface area contributed by atoms with Gasteiger partial charge in [-0.2, -0.15) is 0 Å². The van der Waals surface area contributed by atoms with Gasteiger partial charge in [0.25, 0.3) is 0 Å². The maximum atomic E-state index is 12.4. The van der Waals surface area contributed by atoms with Gasteiger partial charge in [-0.1, -0.05) is 206 Å². The molecule has 1 unspecified atom stereocenters. The van der Waals surface area contributed by atoms with Crippen LogP contribution < -0.4 is 0 Å².